The minimum Gasteiger partial charge on any atom is -0.385 e. The van der Waals surface area contributed by atoms with E-state index in [4.69, 9.17) is 12.2 Å². The molecule has 0 amide bonds. The molecule has 0 bridgehead atoms. The lowest BCUT2D eigenvalue weighted by Crippen LogP contribution is -2.41. The molecule has 24 heavy (non-hydrogen) atoms. The molecule has 0 spiro atoms. The molecule has 0 heterocycles. The van der Waals surface area contributed by atoms with Gasteiger partial charge in [0.15, 0.2) is 0 Å². The molecule has 1 N–H and O–H groups in total. The van der Waals surface area contributed by atoms with Crippen LogP contribution in [0.2, 0.25) is 0 Å². The molecule has 1 aromatic rings. The predicted octanol–water partition coefficient (Wildman–Crippen LogP) is 4.26. The first kappa shape index (κ1) is 19.1. The molecule has 1 radical (unpaired) electrons. The van der Waals surface area contributed by atoms with Gasteiger partial charge in [0, 0.05) is 10.9 Å². The van der Waals surface area contributed by atoms with Gasteiger partial charge in [-0.3, -0.25) is 0 Å². The van der Waals surface area contributed by atoms with Crippen LogP contribution < -0.4 is 10.8 Å². The number of hydrogen-bond donors (Lipinski definition) is 1. The van der Waals surface area contributed by atoms with E-state index in [2.05, 4.69) is 5.32 Å². The molecule has 1 saturated carbocycles. The smallest absolute Gasteiger partial charge is 0.385 e. The predicted molar refractivity (Wildman–Crippen MR) is 84.4 cm³/mol. The highest BCUT2D eigenvalue weighted by Gasteiger charge is 2.36. The summed E-state index contributed by atoms with van der Waals surface area (Å²) in [5.41, 5.74) is -2.90. The maximum Gasteiger partial charge on any atom is 0.416 e. The summed E-state index contributed by atoms with van der Waals surface area (Å²) in [6.07, 6.45) is -4.75. The van der Waals surface area contributed by atoms with Gasteiger partial charge in [0.05, 0.1) is 11.1 Å². The molecule has 9 heteroatoms. The Bertz CT molecular complexity index is 560. The van der Waals surface area contributed by atoms with Crippen molar-refractivity contribution in [3.63, 3.8) is 0 Å². The van der Waals surface area contributed by atoms with E-state index in [9.17, 15) is 26.3 Å². The summed E-state index contributed by atoms with van der Waals surface area (Å²) in [4.78, 5) is 0.148. The molecule has 2 rings (SSSR count). The van der Waals surface area contributed by atoms with Gasteiger partial charge in [0.25, 0.3) is 0 Å². The first-order valence-electron chi connectivity index (χ1n) is 7.50. The Morgan fingerprint density at radius 1 is 0.917 bits per heavy atom. The zero-order valence-corrected chi connectivity index (χ0v) is 13.4. The van der Waals surface area contributed by atoms with Gasteiger partial charge in [0.2, 0.25) is 7.28 Å². The van der Waals surface area contributed by atoms with Crippen molar-refractivity contribution in [2.75, 3.05) is 0 Å². The quantitative estimate of drug-likeness (QED) is 0.488. The third-order valence-electron chi connectivity index (χ3n) is 3.86. The summed E-state index contributed by atoms with van der Waals surface area (Å²) in [5, 5.41) is 3.00. The maximum absolute atomic E-state index is 12.8. The molecule has 1 aliphatic rings. The molecule has 0 aliphatic heterocycles. The van der Waals surface area contributed by atoms with Gasteiger partial charge >= 0.3 is 12.4 Å². The van der Waals surface area contributed by atoms with Crippen LogP contribution in [0.5, 0.6) is 0 Å². The number of rotatable bonds is 3. The summed E-state index contributed by atoms with van der Waals surface area (Å²) < 4.78 is 76.9. The van der Waals surface area contributed by atoms with Crippen LogP contribution in [-0.2, 0) is 12.4 Å². The molecule has 0 aromatic heterocycles. The fourth-order valence-corrected chi connectivity index (χ4v) is 3.01. The molecule has 0 unspecified atom stereocenters. The lowest BCUT2D eigenvalue weighted by atomic mass is 9.68. The Kier molecular flexibility index (Phi) is 5.83. The van der Waals surface area contributed by atoms with Crippen LogP contribution in [0.3, 0.4) is 0 Å². The van der Waals surface area contributed by atoms with E-state index in [1.54, 1.807) is 0 Å². The van der Waals surface area contributed by atoms with Crippen molar-refractivity contribution in [1.29, 1.82) is 0 Å². The van der Waals surface area contributed by atoms with Gasteiger partial charge in [-0.2, -0.15) is 26.3 Å². The van der Waals surface area contributed by atoms with Crippen molar-refractivity contribution < 1.29 is 26.3 Å². The number of alkyl halides is 6. The van der Waals surface area contributed by atoms with E-state index in [1.165, 1.54) is 0 Å². The lowest BCUT2D eigenvalue weighted by Gasteiger charge is -2.24. The number of nitrogens with one attached hydrogen (secondary N) is 1. The minimum atomic E-state index is -4.86. The van der Waals surface area contributed by atoms with E-state index >= 15 is 0 Å². The minimum absolute atomic E-state index is 0.106. The number of thiocarbonyl (C=S) groups is 1. The van der Waals surface area contributed by atoms with E-state index in [0.717, 1.165) is 39.4 Å². The lowest BCUT2D eigenvalue weighted by molar-refractivity contribution is -0.142. The molecule has 1 fully saturated rings. The zero-order valence-electron chi connectivity index (χ0n) is 12.6. The van der Waals surface area contributed by atoms with Crippen molar-refractivity contribution in [3.8, 4) is 0 Å². The summed E-state index contributed by atoms with van der Waals surface area (Å²) in [7, 11) is 1.15. The Morgan fingerprint density at radius 3 is 1.88 bits per heavy atom. The van der Waals surface area contributed by atoms with Crippen LogP contribution in [0.25, 0.3) is 0 Å². The second-order valence-electron chi connectivity index (χ2n) is 5.83. The molecule has 0 atom stereocenters. The largest absolute Gasteiger partial charge is 0.416 e. The Morgan fingerprint density at radius 2 is 1.42 bits per heavy atom. The molecule has 1 aromatic carbocycles. The van der Waals surface area contributed by atoms with Crippen LogP contribution in [0.4, 0.5) is 26.3 Å². The summed E-state index contributed by atoms with van der Waals surface area (Å²) in [5.74, 6) is 0. The first-order valence-corrected chi connectivity index (χ1v) is 7.91. The maximum atomic E-state index is 12.8. The van der Waals surface area contributed by atoms with E-state index in [1.807, 2.05) is 0 Å². The second-order valence-corrected chi connectivity index (χ2v) is 6.27. The third-order valence-corrected chi connectivity index (χ3v) is 4.10. The van der Waals surface area contributed by atoms with Crippen molar-refractivity contribution in [1.82, 2.24) is 5.32 Å². The molecule has 131 valence electrons. The summed E-state index contributed by atoms with van der Waals surface area (Å²) in [6, 6.07) is 1.57. The molecular formula is C15H15BF6NS. The zero-order chi connectivity index (χ0) is 18.0. The summed E-state index contributed by atoms with van der Waals surface area (Å²) in [6.45, 7) is 0. The van der Waals surface area contributed by atoms with Gasteiger partial charge in [-0.05, 0) is 18.9 Å². The number of halogens is 6. The first-order chi connectivity index (χ1) is 11.1. The summed E-state index contributed by atoms with van der Waals surface area (Å²) >= 11 is 5.06. The fraction of sp³-hybridized carbons (Fsp3) is 0.533. The van der Waals surface area contributed by atoms with Gasteiger partial charge in [-0.25, -0.2) is 0 Å². The normalized spacial score (nSPS) is 16.8. The van der Waals surface area contributed by atoms with Gasteiger partial charge < -0.3 is 5.32 Å². The molecule has 1 aliphatic carbocycles. The highest BCUT2D eigenvalue weighted by atomic mass is 32.1. The third kappa shape index (κ3) is 5.39. The van der Waals surface area contributed by atoms with Crippen LogP contribution in [0.15, 0.2) is 18.2 Å². The topological polar surface area (TPSA) is 12.0 Å². The Hall–Kier alpha value is -1.25. The second kappa shape index (κ2) is 7.33. The van der Waals surface area contributed by atoms with E-state index in [0.29, 0.717) is 12.1 Å². The monoisotopic (exact) mass is 366 g/mol. The average molecular weight is 366 g/mol. The number of benzene rings is 1. The number of hydrogen-bond acceptors (Lipinski definition) is 1. The van der Waals surface area contributed by atoms with Crippen LogP contribution in [0, 0.1) is 0 Å². The van der Waals surface area contributed by atoms with Crippen molar-refractivity contribution in [3.05, 3.63) is 29.3 Å². The highest BCUT2D eigenvalue weighted by Crippen LogP contribution is 2.34. The van der Waals surface area contributed by atoms with Gasteiger partial charge in [-0.15, -0.1) is 0 Å². The SMILES string of the molecule is FC(F)(F)c1cc([B]C(=S)NC2CCCCC2)cc(C(F)(F)F)c1. The van der Waals surface area contributed by atoms with Crippen LogP contribution in [0.1, 0.15) is 43.2 Å². The average Bonchev–Trinajstić information content (AvgIpc) is 2.46. The standard InChI is InChI=1S/C15H15BF6NS/c17-14(18,19)9-6-10(15(20,21)22)8-11(7-9)16-13(24)23-12-4-2-1-3-5-12/h6-8,12H,1-5H2,(H,23,24). The molecule has 0 saturated heterocycles. The van der Waals surface area contributed by atoms with Gasteiger partial charge in [-0.1, -0.05) is 49.1 Å². The van der Waals surface area contributed by atoms with Crippen molar-refractivity contribution in [2.45, 2.75) is 50.5 Å². The van der Waals surface area contributed by atoms with E-state index in [-0.39, 0.29) is 22.5 Å². The van der Waals surface area contributed by atoms with Crippen LogP contribution in [-0.4, -0.2) is 18.2 Å². The highest BCUT2D eigenvalue weighted by molar-refractivity contribution is 7.83. The molecule has 1 nitrogen and oxygen atoms in total. The van der Waals surface area contributed by atoms with Crippen molar-refractivity contribution in [2.24, 2.45) is 0 Å². The van der Waals surface area contributed by atoms with E-state index < -0.39 is 23.5 Å². The van der Waals surface area contributed by atoms with Gasteiger partial charge in [0.1, 0.15) is 0 Å². The van der Waals surface area contributed by atoms with Crippen molar-refractivity contribution >= 4 is 29.8 Å². The fourth-order valence-electron chi connectivity index (χ4n) is 2.70. The Labute approximate surface area is 142 Å². The molecular weight excluding hydrogens is 351 g/mol. The Balaban J connectivity index is 2.17. The van der Waals surface area contributed by atoms with Crippen LogP contribution >= 0.6 is 12.2 Å².